The highest BCUT2D eigenvalue weighted by molar-refractivity contribution is 14.1. The van der Waals surface area contributed by atoms with E-state index in [1.165, 1.54) is 0 Å². The molecule has 1 amide bonds. The number of ether oxygens (including phenoxy) is 1. The van der Waals surface area contributed by atoms with Gasteiger partial charge in [-0.3, -0.25) is 4.79 Å². The lowest BCUT2D eigenvalue weighted by Crippen LogP contribution is -2.18. The molecule has 0 atom stereocenters. The van der Waals surface area contributed by atoms with Crippen molar-refractivity contribution in [3.05, 3.63) is 75.4 Å². The summed E-state index contributed by atoms with van der Waals surface area (Å²) in [4.78, 5) is 12.2. The zero-order chi connectivity index (χ0) is 16.9. The molecule has 0 spiro atoms. The Kier molecular flexibility index (Phi) is 5.10. The molecule has 3 aromatic carbocycles. The minimum Gasteiger partial charge on any atom is -0.496 e. The Morgan fingerprint density at radius 2 is 1.83 bits per heavy atom. The quantitative estimate of drug-likeness (QED) is 0.383. The fraction of sp³-hybridized carbons (Fsp3) is 0.0526. The lowest BCUT2D eigenvalue weighted by molar-refractivity contribution is 0.0954. The Morgan fingerprint density at radius 1 is 1.08 bits per heavy atom. The van der Waals surface area contributed by atoms with Gasteiger partial charge in [0.25, 0.3) is 5.91 Å². The molecule has 0 fully saturated rings. The van der Waals surface area contributed by atoms with Crippen molar-refractivity contribution in [1.82, 2.24) is 5.43 Å². The van der Waals surface area contributed by atoms with E-state index in [-0.39, 0.29) is 5.91 Å². The summed E-state index contributed by atoms with van der Waals surface area (Å²) in [6.07, 6.45) is 1.62. The second kappa shape index (κ2) is 7.44. The third-order valence-corrected chi connectivity index (χ3v) is 4.57. The Balaban J connectivity index is 1.88. The van der Waals surface area contributed by atoms with E-state index in [2.05, 4.69) is 33.1 Å². The van der Waals surface area contributed by atoms with Crippen molar-refractivity contribution in [3.63, 3.8) is 0 Å². The van der Waals surface area contributed by atoms with Gasteiger partial charge in [0.1, 0.15) is 5.75 Å². The number of rotatable bonds is 4. The molecule has 0 aliphatic heterocycles. The molecule has 0 aromatic heterocycles. The van der Waals surface area contributed by atoms with Gasteiger partial charge in [0.05, 0.1) is 18.9 Å². The number of halogens is 1. The van der Waals surface area contributed by atoms with Crippen LogP contribution in [-0.2, 0) is 0 Å². The molecule has 0 aliphatic rings. The van der Waals surface area contributed by atoms with E-state index in [1.807, 2.05) is 54.6 Å². The number of nitrogens with zero attached hydrogens (tertiary/aromatic N) is 1. The second-order valence-electron chi connectivity index (χ2n) is 5.08. The lowest BCUT2D eigenvalue weighted by atomic mass is 10.0. The average molecular weight is 430 g/mol. The van der Waals surface area contributed by atoms with Gasteiger partial charge in [-0.2, -0.15) is 5.10 Å². The van der Waals surface area contributed by atoms with Crippen molar-refractivity contribution < 1.29 is 9.53 Å². The van der Waals surface area contributed by atoms with Gasteiger partial charge in [-0.05, 0) is 51.6 Å². The first-order valence-corrected chi connectivity index (χ1v) is 8.42. The summed E-state index contributed by atoms with van der Waals surface area (Å²) in [6, 6.07) is 19.2. The fourth-order valence-electron chi connectivity index (χ4n) is 2.45. The zero-order valence-corrected chi connectivity index (χ0v) is 15.2. The van der Waals surface area contributed by atoms with Crippen LogP contribution in [0.2, 0.25) is 0 Å². The van der Waals surface area contributed by atoms with Crippen LogP contribution < -0.4 is 10.2 Å². The summed E-state index contributed by atoms with van der Waals surface area (Å²) in [5.74, 6) is 0.469. The summed E-state index contributed by atoms with van der Waals surface area (Å²) in [5, 5.41) is 6.21. The van der Waals surface area contributed by atoms with E-state index < -0.39 is 0 Å². The number of carbonyl (C=O) groups is 1. The third kappa shape index (κ3) is 3.41. The highest BCUT2D eigenvalue weighted by Gasteiger charge is 2.09. The number of hydrogen-bond acceptors (Lipinski definition) is 3. The number of hydrogen-bond donors (Lipinski definition) is 1. The van der Waals surface area contributed by atoms with Gasteiger partial charge < -0.3 is 4.74 Å². The van der Waals surface area contributed by atoms with Gasteiger partial charge in [-0.15, -0.1) is 0 Å². The topological polar surface area (TPSA) is 50.7 Å². The summed E-state index contributed by atoms with van der Waals surface area (Å²) < 4.78 is 6.29. The SMILES string of the molecule is COc1ccc2ccccc2c1C=NNC(=O)c1ccccc1I. The molecular weight excluding hydrogens is 415 g/mol. The van der Waals surface area contributed by atoms with Crippen molar-refractivity contribution >= 4 is 45.5 Å². The Morgan fingerprint density at radius 3 is 2.62 bits per heavy atom. The zero-order valence-electron chi connectivity index (χ0n) is 13.0. The van der Waals surface area contributed by atoms with E-state index in [0.29, 0.717) is 11.3 Å². The molecule has 4 nitrogen and oxygen atoms in total. The third-order valence-electron chi connectivity index (χ3n) is 3.63. The van der Waals surface area contributed by atoms with Gasteiger partial charge in [-0.25, -0.2) is 5.43 Å². The van der Waals surface area contributed by atoms with E-state index in [1.54, 1.807) is 19.4 Å². The minimum atomic E-state index is -0.240. The van der Waals surface area contributed by atoms with Crippen LogP contribution in [0.25, 0.3) is 10.8 Å². The standard InChI is InChI=1S/C19H15IN2O2/c1-24-18-11-10-13-6-2-3-7-14(13)16(18)12-21-22-19(23)15-8-4-5-9-17(15)20/h2-12H,1H3,(H,22,23). The maximum absolute atomic E-state index is 12.2. The van der Waals surface area contributed by atoms with Gasteiger partial charge in [0, 0.05) is 9.13 Å². The molecule has 3 rings (SSSR count). The first-order valence-electron chi connectivity index (χ1n) is 7.34. The van der Waals surface area contributed by atoms with Crippen LogP contribution in [0.1, 0.15) is 15.9 Å². The number of hydrazone groups is 1. The highest BCUT2D eigenvalue weighted by Crippen LogP contribution is 2.26. The molecule has 3 aromatic rings. The van der Waals surface area contributed by atoms with Crippen LogP contribution in [0.3, 0.4) is 0 Å². The molecule has 0 radical (unpaired) electrons. The van der Waals surface area contributed by atoms with E-state index >= 15 is 0 Å². The molecular formula is C19H15IN2O2. The van der Waals surface area contributed by atoms with Gasteiger partial charge >= 0.3 is 0 Å². The molecule has 0 unspecified atom stereocenters. The molecule has 0 saturated heterocycles. The Labute approximate surface area is 153 Å². The number of fused-ring (bicyclic) bond motifs is 1. The van der Waals surface area contributed by atoms with Crippen molar-refractivity contribution in [3.8, 4) is 5.75 Å². The van der Waals surface area contributed by atoms with Crippen LogP contribution in [-0.4, -0.2) is 19.2 Å². The van der Waals surface area contributed by atoms with E-state index in [4.69, 9.17) is 4.74 Å². The van der Waals surface area contributed by atoms with Crippen molar-refractivity contribution in [2.75, 3.05) is 7.11 Å². The first-order chi connectivity index (χ1) is 11.7. The van der Waals surface area contributed by atoms with Gasteiger partial charge in [0.2, 0.25) is 0 Å². The first kappa shape index (κ1) is 16.4. The number of benzene rings is 3. The second-order valence-corrected chi connectivity index (χ2v) is 6.24. The molecule has 24 heavy (non-hydrogen) atoms. The van der Waals surface area contributed by atoms with Crippen LogP contribution in [0.4, 0.5) is 0 Å². The summed E-state index contributed by atoms with van der Waals surface area (Å²) in [6.45, 7) is 0. The molecule has 0 aliphatic carbocycles. The summed E-state index contributed by atoms with van der Waals surface area (Å²) in [5.41, 5.74) is 4.00. The largest absolute Gasteiger partial charge is 0.496 e. The van der Waals surface area contributed by atoms with Crippen molar-refractivity contribution in [2.24, 2.45) is 5.10 Å². The number of nitrogens with one attached hydrogen (secondary N) is 1. The van der Waals surface area contributed by atoms with Crippen LogP contribution in [0.15, 0.2) is 65.8 Å². The number of amides is 1. The smallest absolute Gasteiger partial charge is 0.272 e. The van der Waals surface area contributed by atoms with E-state index in [0.717, 1.165) is 19.9 Å². The predicted octanol–water partition coefficient (Wildman–Crippen LogP) is 4.22. The molecule has 0 bridgehead atoms. The molecule has 0 saturated carbocycles. The molecule has 1 N–H and O–H groups in total. The Bertz CT molecular complexity index is 922. The van der Waals surface area contributed by atoms with Crippen molar-refractivity contribution in [2.45, 2.75) is 0 Å². The average Bonchev–Trinajstić information content (AvgIpc) is 2.62. The lowest BCUT2D eigenvalue weighted by Gasteiger charge is -2.08. The van der Waals surface area contributed by atoms with Crippen LogP contribution >= 0.6 is 22.6 Å². The van der Waals surface area contributed by atoms with Gasteiger partial charge in [0.15, 0.2) is 0 Å². The molecule has 0 heterocycles. The summed E-state index contributed by atoms with van der Waals surface area (Å²) >= 11 is 2.13. The Hall–Kier alpha value is -2.41. The monoisotopic (exact) mass is 430 g/mol. The fourth-order valence-corrected chi connectivity index (χ4v) is 3.08. The number of carbonyl (C=O) groups excluding carboxylic acids is 1. The maximum Gasteiger partial charge on any atom is 0.272 e. The van der Waals surface area contributed by atoms with Crippen LogP contribution in [0, 0.1) is 3.57 Å². The van der Waals surface area contributed by atoms with Crippen molar-refractivity contribution in [1.29, 1.82) is 0 Å². The van der Waals surface area contributed by atoms with E-state index in [9.17, 15) is 4.79 Å². The minimum absolute atomic E-state index is 0.240. The van der Waals surface area contributed by atoms with Gasteiger partial charge in [-0.1, -0.05) is 42.5 Å². The highest BCUT2D eigenvalue weighted by atomic mass is 127. The molecule has 5 heteroatoms. The molecule has 120 valence electrons. The summed E-state index contributed by atoms with van der Waals surface area (Å²) in [7, 11) is 1.62. The normalized spacial score (nSPS) is 10.9. The number of methoxy groups -OCH3 is 1. The predicted molar refractivity (Wildman–Crippen MR) is 105 cm³/mol. The maximum atomic E-state index is 12.2. The van der Waals surface area contributed by atoms with Crippen LogP contribution in [0.5, 0.6) is 5.75 Å².